The molecular formula is C17H21FN2O4. The van der Waals surface area contributed by atoms with Gasteiger partial charge in [0.1, 0.15) is 5.82 Å². The van der Waals surface area contributed by atoms with Gasteiger partial charge in [0.25, 0.3) is 0 Å². The number of carbonyl (C=O) groups excluding carboxylic acids is 2. The second-order valence-corrected chi connectivity index (χ2v) is 6.72. The third kappa shape index (κ3) is 3.55. The van der Waals surface area contributed by atoms with Crippen LogP contribution in [0.4, 0.5) is 4.39 Å². The van der Waals surface area contributed by atoms with E-state index < -0.39 is 29.2 Å². The minimum Gasteiger partial charge on any atom is -0.481 e. The molecule has 0 saturated carbocycles. The van der Waals surface area contributed by atoms with Crippen LogP contribution < -0.4 is 5.32 Å². The van der Waals surface area contributed by atoms with Crippen LogP contribution in [0.15, 0.2) is 24.3 Å². The molecule has 1 aliphatic rings. The Balaban J connectivity index is 2.17. The smallest absolute Gasteiger partial charge is 0.310 e. The zero-order chi connectivity index (χ0) is 18.1. The molecule has 2 N–H and O–H groups in total. The molecule has 24 heavy (non-hydrogen) atoms. The van der Waals surface area contributed by atoms with Crippen molar-refractivity contribution in [2.24, 2.45) is 11.3 Å². The number of carboxylic acid groups (broad SMARTS) is 1. The first-order valence-corrected chi connectivity index (χ1v) is 7.65. The number of nitrogens with zero attached hydrogens (tertiary/aromatic N) is 1. The normalized spacial score (nSPS) is 21.0. The summed E-state index contributed by atoms with van der Waals surface area (Å²) in [7, 11) is 1.60. The Morgan fingerprint density at radius 2 is 1.92 bits per heavy atom. The van der Waals surface area contributed by atoms with E-state index in [9.17, 15) is 18.8 Å². The molecule has 1 fully saturated rings. The molecule has 2 amide bonds. The lowest BCUT2D eigenvalue weighted by Crippen LogP contribution is -2.42. The Labute approximate surface area is 139 Å². The fourth-order valence-corrected chi connectivity index (χ4v) is 2.74. The monoisotopic (exact) mass is 336 g/mol. The molecule has 2 unspecified atom stereocenters. The summed E-state index contributed by atoms with van der Waals surface area (Å²) in [6.07, 6.45) is 0.0396. The number of hydrogen-bond donors (Lipinski definition) is 2. The van der Waals surface area contributed by atoms with Gasteiger partial charge in [-0.3, -0.25) is 14.4 Å². The summed E-state index contributed by atoms with van der Waals surface area (Å²) in [4.78, 5) is 37.1. The van der Waals surface area contributed by atoms with Crippen LogP contribution >= 0.6 is 0 Å². The number of amides is 2. The number of nitrogens with one attached hydrogen (secondary N) is 1. The summed E-state index contributed by atoms with van der Waals surface area (Å²) in [6.45, 7) is 2.99. The highest BCUT2D eigenvalue weighted by Crippen LogP contribution is 2.37. The van der Waals surface area contributed by atoms with Crippen molar-refractivity contribution in [3.05, 3.63) is 35.6 Å². The van der Waals surface area contributed by atoms with E-state index in [-0.39, 0.29) is 24.8 Å². The van der Waals surface area contributed by atoms with Crippen molar-refractivity contribution >= 4 is 17.8 Å². The van der Waals surface area contributed by atoms with Crippen molar-refractivity contribution in [2.45, 2.75) is 26.3 Å². The van der Waals surface area contributed by atoms with Crippen LogP contribution in [0.3, 0.4) is 0 Å². The van der Waals surface area contributed by atoms with E-state index in [2.05, 4.69) is 5.32 Å². The second-order valence-electron chi connectivity index (χ2n) is 6.72. The molecule has 1 saturated heterocycles. The SMILES string of the molecule is CN1C(=O)CC(C(=O)NCC(C)(C)C(=O)O)C1c1ccc(F)cc1. The third-order valence-electron chi connectivity index (χ3n) is 4.42. The first-order chi connectivity index (χ1) is 11.1. The van der Waals surface area contributed by atoms with E-state index in [1.54, 1.807) is 19.2 Å². The average molecular weight is 336 g/mol. The van der Waals surface area contributed by atoms with Gasteiger partial charge in [-0.15, -0.1) is 0 Å². The Hall–Kier alpha value is -2.44. The van der Waals surface area contributed by atoms with Gasteiger partial charge in [0.2, 0.25) is 11.8 Å². The van der Waals surface area contributed by atoms with Crippen molar-refractivity contribution in [3.63, 3.8) is 0 Å². The molecule has 0 aliphatic carbocycles. The van der Waals surface area contributed by atoms with Crippen LogP contribution in [0, 0.1) is 17.2 Å². The Morgan fingerprint density at radius 1 is 1.33 bits per heavy atom. The van der Waals surface area contributed by atoms with E-state index >= 15 is 0 Å². The van der Waals surface area contributed by atoms with E-state index in [0.29, 0.717) is 5.56 Å². The minimum atomic E-state index is -1.10. The molecule has 0 radical (unpaired) electrons. The summed E-state index contributed by atoms with van der Waals surface area (Å²) >= 11 is 0. The van der Waals surface area contributed by atoms with Crippen molar-refractivity contribution in [1.82, 2.24) is 10.2 Å². The molecule has 0 bridgehead atoms. The molecule has 0 aromatic heterocycles. The van der Waals surface area contributed by atoms with Gasteiger partial charge in [0, 0.05) is 20.0 Å². The summed E-state index contributed by atoms with van der Waals surface area (Å²) in [5, 5.41) is 11.7. The number of carbonyl (C=O) groups is 3. The number of aliphatic carboxylic acids is 1. The maximum absolute atomic E-state index is 13.1. The van der Waals surface area contributed by atoms with E-state index in [0.717, 1.165) is 0 Å². The molecule has 1 aliphatic heterocycles. The maximum Gasteiger partial charge on any atom is 0.310 e. The molecule has 1 aromatic rings. The number of halogens is 1. The predicted octanol–water partition coefficient (Wildman–Crippen LogP) is 1.57. The highest BCUT2D eigenvalue weighted by Gasteiger charge is 2.43. The van der Waals surface area contributed by atoms with Crippen LogP contribution in [0.5, 0.6) is 0 Å². The first-order valence-electron chi connectivity index (χ1n) is 7.65. The average Bonchev–Trinajstić information content (AvgIpc) is 2.81. The number of rotatable bonds is 5. The number of hydrogen-bond acceptors (Lipinski definition) is 3. The maximum atomic E-state index is 13.1. The van der Waals surface area contributed by atoms with Crippen LogP contribution in [0.1, 0.15) is 31.9 Å². The lowest BCUT2D eigenvalue weighted by atomic mass is 9.91. The molecule has 1 heterocycles. The zero-order valence-electron chi connectivity index (χ0n) is 13.9. The van der Waals surface area contributed by atoms with E-state index in [4.69, 9.17) is 5.11 Å². The fourth-order valence-electron chi connectivity index (χ4n) is 2.74. The Morgan fingerprint density at radius 3 is 2.46 bits per heavy atom. The summed E-state index contributed by atoms with van der Waals surface area (Å²) in [5.74, 6) is -2.61. The van der Waals surface area contributed by atoms with Crippen LogP contribution in [0.25, 0.3) is 0 Å². The van der Waals surface area contributed by atoms with Crippen molar-refractivity contribution < 1.29 is 23.9 Å². The van der Waals surface area contributed by atoms with E-state index in [1.165, 1.54) is 30.9 Å². The van der Waals surface area contributed by atoms with Gasteiger partial charge in [-0.2, -0.15) is 0 Å². The molecule has 2 rings (SSSR count). The first kappa shape index (κ1) is 17.9. The Kier molecular flexibility index (Phi) is 4.91. The highest BCUT2D eigenvalue weighted by molar-refractivity contribution is 5.90. The Bertz CT molecular complexity index is 657. The zero-order valence-corrected chi connectivity index (χ0v) is 13.9. The largest absolute Gasteiger partial charge is 0.481 e. The van der Waals surface area contributed by atoms with Gasteiger partial charge in [-0.25, -0.2) is 4.39 Å². The van der Waals surface area contributed by atoms with Gasteiger partial charge in [0.05, 0.1) is 17.4 Å². The summed E-state index contributed by atoms with van der Waals surface area (Å²) < 4.78 is 13.1. The minimum absolute atomic E-state index is 0.0360. The van der Waals surface area contributed by atoms with Crippen LogP contribution in [-0.2, 0) is 14.4 Å². The van der Waals surface area contributed by atoms with Crippen molar-refractivity contribution in [2.75, 3.05) is 13.6 Å². The van der Waals surface area contributed by atoms with Gasteiger partial charge in [0.15, 0.2) is 0 Å². The fraction of sp³-hybridized carbons (Fsp3) is 0.471. The second kappa shape index (κ2) is 6.59. The molecule has 7 heteroatoms. The van der Waals surface area contributed by atoms with Gasteiger partial charge in [-0.05, 0) is 31.5 Å². The quantitative estimate of drug-likeness (QED) is 0.854. The number of carboxylic acids is 1. The lowest BCUT2D eigenvalue weighted by Gasteiger charge is -2.26. The number of likely N-dealkylation sites (tertiary alicyclic amines) is 1. The van der Waals surface area contributed by atoms with Gasteiger partial charge in [-0.1, -0.05) is 12.1 Å². The van der Waals surface area contributed by atoms with Crippen molar-refractivity contribution in [3.8, 4) is 0 Å². The van der Waals surface area contributed by atoms with Crippen molar-refractivity contribution in [1.29, 1.82) is 0 Å². The van der Waals surface area contributed by atoms with E-state index in [1.807, 2.05) is 0 Å². The van der Waals surface area contributed by atoms with Crippen LogP contribution in [-0.4, -0.2) is 41.4 Å². The summed E-state index contributed by atoms with van der Waals surface area (Å²) in [5.41, 5.74) is -0.433. The highest BCUT2D eigenvalue weighted by atomic mass is 19.1. The van der Waals surface area contributed by atoms with Crippen LogP contribution in [0.2, 0.25) is 0 Å². The van der Waals surface area contributed by atoms with Gasteiger partial charge >= 0.3 is 5.97 Å². The third-order valence-corrected chi connectivity index (χ3v) is 4.42. The molecule has 1 aromatic carbocycles. The lowest BCUT2D eigenvalue weighted by molar-refractivity contribution is -0.147. The topological polar surface area (TPSA) is 86.7 Å². The standard InChI is InChI=1S/C17H21FN2O4/c1-17(2,16(23)24)9-19-15(22)12-8-13(21)20(3)14(12)10-4-6-11(18)7-5-10/h4-7,12,14H,8-9H2,1-3H3,(H,19,22)(H,23,24). The molecule has 6 nitrogen and oxygen atoms in total. The molecule has 2 atom stereocenters. The predicted molar refractivity (Wildman–Crippen MR) is 84.4 cm³/mol. The van der Waals surface area contributed by atoms with Gasteiger partial charge < -0.3 is 15.3 Å². The molecular weight excluding hydrogens is 315 g/mol. The molecule has 0 spiro atoms. The summed E-state index contributed by atoms with van der Waals surface area (Å²) in [6, 6.07) is 5.18. The molecule has 130 valence electrons. The number of benzene rings is 1.